The molecule has 4 heteroatoms. The predicted octanol–water partition coefficient (Wildman–Crippen LogP) is -0.365. The van der Waals surface area contributed by atoms with Crippen LogP contribution < -0.4 is 0 Å². The molecule has 1 N–H and O–H groups in total. The summed E-state index contributed by atoms with van der Waals surface area (Å²) in [6.07, 6.45) is -0.770. The van der Waals surface area contributed by atoms with Gasteiger partial charge in [0.25, 0.3) is 0 Å². The van der Waals surface area contributed by atoms with Crippen LogP contribution in [0.5, 0.6) is 0 Å². The lowest BCUT2D eigenvalue weighted by atomic mass is 10.3. The van der Waals surface area contributed by atoms with Crippen molar-refractivity contribution in [2.45, 2.75) is 25.2 Å². The third-order valence-electron chi connectivity index (χ3n) is 0.983. The van der Waals surface area contributed by atoms with E-state index in [2.05, 4.69) is 0 Å². The first-order valence-electron chi connectivity index (χ1n) is 2.32. The molecule has 0 saturated heterocycles. The highest BCUT2D eigenvalue weighted by Crippen LogP contribution is 1.97. The monoisotopic (exact) mass is 137 g/mol. The summed E-state index contributed by atoms with van der Waals surface area (Å²) in [4.78, 5) is 0. The minimum atomic E-state index is -2.14. The van der Waals surface area contributed by atoms with E-state index in [-0.39, 0.29) is 0 Å². The molecule has 3 nitrogen and oxygen atoms in total. The highest BCUT2D eigenvalue weighted by Gasteiger charge is 2.07. The Morgan fingerprint density at radius 3 is 2.00 bits per heavy atom. The van der Waals surface area contributed by atoms with Crippen LogP contribution in [0.3, 0.4) is 0 Å². The van der Waals surface area contributed by atoms with Gasteiger partial charge in [-0.3, -0.25) is 4.21 Å². The first-order valence-corrected chi connectivity index (χ1v) is 3.45. The second-order valence-electron chi connectivity index (χ2n) is 1.71. The molecule has 0 saturated carbocycles. The van der Waals surface area contributed by atoms with Gasteiger partial charge < -0.3 is 9.66 Å². The van der Waals surface area contributed by atoms with Crippen molar-refractivity contribution in [3.05, 3.63) is 0 Å². The molecule has 0 aliphatic carbocycles. The van der Waals surface area contributed by atoms with Crippen LogP contribution in [0.1, 0.15) is 13.8 Å². The van der Waals surface area contributed by atoms with Gasteiger partial charge in [-0.25, -0.2) is 0 Å². The van der Waals surface area contributed by atoms with Crippen LogP contribution in [0.25, 0.3) is 0 Å². The van der Waals surface area contributed by atoms with E-state index in [4.69, 9.17) is 5.11 Å². The number of hydrogen-bond donors (Lipinski definition) is 1. The molecule has 0 aromatic carbocycles. The maximum atomic E-state index is 9.98. The molecular formula is C4H9O3S-. The normalized spacial score (nSPS) is 22.0. The average Bonchev–Trinajstić information content (AvgIpc) is 1.64. The minimum Gasteiger partial charge on any atom is -0.772 e. The Morgan fingerprint density at radius 2 is 2.00 bits per heavy atom. The maximum absolute atomic E-state index is 9.98. The Morgan fingerprint density at radius 1 is 1.62 bits per heavy atom. The summed E-state index contributed by atoms with van der Waals surface area (Å²) in [5.74, 6) is 0. The number of rotatable bonds is 2. The molecule has 0 rings (SSSR count). The lowest BCUT2D eigenvalue weighted by Gasteiger charge is -2.16. The van der Waals surface area contributed by atoms with Crippen LogP contribution in [0.2, 0.25) is 0 Å². The third-order valence-corrected chi connectivity index (χ3v) is 1.98. The first kappa shape index (κ1) is 8.07. The van der Waals surface area contributed by atoms with Gasteiger partial charge in [0.2, 0.25) is 0 Å². The Balaban J connectivity index is 3.64. The highest BCUT2D eigenvalue weighted by atomic mass is 32.2. The molecule has 50 valence electrons. The van der Waals surface area contributed by atoms with E-state index in [1.54, 1.807) is 0 Å². The fourth-order valence-corrected chi connectivity index (χ4v) is 0.482. The van der Waals surface area contributed by atoms with Crippen LogP contribution in [0.15, 0.2) is 0 Å². The van der Waals surface area contributed by atoms with Gasteiger partial charge in [-0.2, -0.15) is 0 Å². The second kappa shape index (κ2) is 3.17. The van der Waals surface area contributed by atoms with Gasteiger partial charge in [-0.15, -0.1) is 0 Å². The van der Waals surface area contributed by atoms with Crippen LogP contribution in [-0.2, 0) is 11.1 Å². The molecule has 0 aliphatic heterocycles. The molecule has 0 amide bonds. The SMILES string of the molecule is CC(O)C(C)S(=O)[O-]. The van der Waals surface area contributed by atoms with Gasteiger partial charge in [0.15, 0.2) is 0 Å². The Hall–Kier alpha value is 0.0700. The van der Waals surface area contributed by atoms with Crippen molar-refractivity contribution >= 4 is 11.1 Å². The third kappa shape index (κ3) is 2.40. The zero-order valence-electron chi connectivity index (χ0n) is 4.83. The predicted molar refractivity (Wildman–Crippen MR) is 30.1 cm³/mol. The fraction of sp³-hybridized carbons (Fsp3) is 1.00. The Bertz CT molecular complexity index is 91.3. The summed E-state index contributed by atoms with van der Waals surface area (Å²) in [5, 5.41) is 7.94. The smallest absolute Gasteiger partial charge is 0.0641 e. The van der Waals surface area contributed by atoms with E-state index in [1.165, 1.54) is 13.8 Å². The van der Waals surface area contributed by atoms with E-state index in [0.29, 0.717) is 0 Å². The maximum Gasteiger partial charge on any atom is 0.0641 e. The molecule has 0 fully saturated rings. The van der Waals surface area contributed by atoms with Crippen molar-refractivity contribution in [2.75, 3.05) is 0 Å². The molecule has 0 aliphatic rings. The molecule has 3 unspecified atom stereocenters. The highest BCUT2D eigenvalue weighted by molar-refractivity contribution is 7.79. The summed E-state index contributed by atoms with van der Waals surface area (Å²) < 4.78 is 20.0. The largest absolute Gasteiger partial charge is 0.772 e. The summed E-state index contributed by atoms with van der Waals surface area (Å²) in [5.41, 5.74) is 0. The fourth-order valence-electron chi connectivity index (χ4n) is 0.161. The minimum absolute atomic E-state index is 0.657. The van der Waals surface area contributed by atoms with E-state index < -0.39 is 22.4 Å². The molecular weight excluding hydrogens is 128 g/mol. The van der Waals surface area contributed by atoms with Crippen molar-refractivity contribution in [3.8, 4) is 0 Å². The Kier molecular flexibility index (Phi) is 3.19. The number of aliphatic hydroxyl groups is 1. The van der Waals surface area contributed by atoms with E-state index >= 15 is 0 Å². The van der Waals surface area contributed by atoms with Crippen molar-refractivity contribution < 1.29 is 13.9 Å². The van der Waals surface area contributed by atoms with Gasteiger partial charge in [0, 0.05) is 5.25 Å². The number of aliphatic hydroxyl groups excluding tert-OH is 1. The van der Waals surface area contributed by atoms with Crippen LogP contribution in [0.4, 0.5) is 0 Å². The van der Waals surface area contributed by atoms with E-state index in [0.717, 1.165) is 0 Å². The second-order valence-corrected chi connectivity index (χ2v) is 2.97. The van der Waals surface area contributed by atoms with Crippen LogP contribution in [-0.4, -0.2) is 25.2 Å². The summed E-state index contributed by atoms with van der Waals surface area (Å²) >= 11 is -2.14. The van der Waals surface area contributed by atoms with Crippen molar-refractivity contribution in [3.63, 3.8) is 0 Å². The number of hydrogen-bond acceptors (Lipinski definition) is 3. The van der Waals surface area contributed by atoms with E-state index in [1.807, 2.05) is 0 Å². The first-order chi connectivity index (χ1) is 3.55. The zero-order chi connectivity index (χ0) is 6.73. The quantitative estimate of drug-likeness (QED) is 0.528. The molecule has 3 atom stereocenters. The molecule has 0 aromatic rings. The summed E-state index contributed by atoms with van der Waals surface area (Å²) in [6.45, 7) is 2.90. The van der Waals surface area contributed by atoms with Crippen LogP contribution in [0, 0.1) is 0 Å². The topological polar surface area (TPSA) is 60.4 Å². The summed E-state index contributed by atoms with van der Waals surface area (Å²) in [6, 6.07) is 0. The zero-order valence-corrected chi connectivity index (χ0v) is 5.64. The van der Waals surface area contributed by atoms with Crippen molar-refractivity contribution in [2.24, 2.45) is 0 Å². The van der Waals surface area contributed by atoms with Gasteiger partial charge in [0.1, 0.15) is 0 Å². The van der Waals surface area contributed by atoms with Crippen molar-refractivity contribution in [1.82, 2.24) is 0 Å². The summed E-state index contributed by atoms with van der Waals surface area (Å²) in [7, 11) is 0. The van der Waals surface area contributed by atoms with E-state index in [9.17, 15) is 8.76 Å². The molecule has 0 heterocycles. The molecule has 0 bridgehead atoms. The average molecular weight is 137 g/mol. The van der Waals surface area contributed by atoms with Gasteiger partial charge in [-0.1, -0.05) is 0 Å². The van der Waals surface area contributed by atoms with Gasteiger partial charge >= 0.3 is 0 Å². The lowest BCUT2D eigenvalue weighted by molar-refractivity contribution is 0.192. The molecule has 0 aromatic heterocycles. The van der Waals surface area contributed by atoms with Crippen molar-refractivity contribution in [1.29, 1.82) is 0 Å². The molecule has 0 radical (unpaired) electrons. The van der Waals surface area contributed by atoms with Gasteiger partial charge in [0.05, 0.1) is 6.10 Å². The Labute approximate surface area is 51.0 Å². The van der Waals surface area contributed by atoms with Crippen LogP contribution >= 0.6 is 0 Å². The molecule has 8 heavy (non-hydrogen) atoms. The standard InChI is InChI=1S/C4H10O3S/c1-3(5)4(2)8(6)7/h3-5H,1-2H3,(H,6,7)/p-1. The lowest BCUT2D eigenvalue weighted by Crippen LogP contribution is -2.23. The molecule has 0 spiro atoms. The van der Waals surface area contributed by atoms with Gasteiger partial charge in [-0.05, 0) is 24.9 Å².